The molecule has 0 aliphatic carbocycles. The average Bonchev–Trinajstić information content (AvgIpc) is 2.01. The molecule has 0 aromatic rings. The van der Waals surface area contributed by atoms with Gasteiger partial charge in [0.1, 0.15) is 11.6 Å². The van der Waals surface area contributed by atoms with Gasteiger partial charge in [-0.3, -0.25) is 4.79 Å². The summed E-state index contributed by atoms with van der Waals surface area (Å²) >= 11 is 0. The molecule has 0 amide bonds. The van der Waals surface area contributed by atoms with Crippen LogP contribution in [0.1, 0.15) is 47.5 Å². The number of hydrogen-bond donors (Lipinski definition) is 2. The normalized spacial score (nSPS) is 12.9. The highest BCUT2D eigenvalue weighted by atomic mass is 16.6. The van der Waals surface area contributed by atoms with Crippen molar-refractivity contribution in [3.05, 3.63) is 0 Å². The summed E-state index contributed by atoms with van der Waals surface area (Å²) in [5, 5.41) is 0. The van der Waals surface area contributed by atoms with Crippen LogP contribution >= 0.6 is 0 Å². The number of unbranched alkanes of at least 4 members (excludes halogenated alkanes) is 1. The van der Waals surface area contributed by atoms with Crippen LogP contribution < -0.4 is 11.5 Å². The molecule has 0 aliphatic heterocycles. The van der Waals surface area contributed by atoms with Gasteiger partial charge in [-0.05, 0) is 40.2 Å². The maximum atomic E-state index is 11.4. The van der Waals surface area contributed by atoms with Crippen LogP contribution in [-0.2, 0) is 9.53 Å². The Bertz CT molecular complexity index is 176. The zero-order valence-corrected chi connectivity index (χ0v) is 9.38. The molecule has 0 heterocycles. The molecule has 4 nitrogen and oxygen atoms in total. The SMILES string of the molecule is C.CC(C)(C)OC(=O)C(N)CCCCN. The van der Waals surface area contributed by atoms with E-state index in [-0.39, 0.29) is 13.4 Å². The molecule has 1 unspecified atom stereocenters. The Kier molecular flexibility index (Phi) is 8.57. The molecule has 0 fully saturated rings. The quantitative estimate of drug-likeness (QED) is 0.540. The predicted octanol–water partition coefficient (Wildman–Crippen LogP) is 1.42. The molecular formula is C11H26N2O2. The molecule has 0 aromatic heterocycles. The van der Waals surface area contributed by atoms with E-state index in [1.54, 1.807) is 0 Å². The first-order valence-electron chi connectivity index (χ1n) is 5.05. The van der Waals surface area contributed by atoms with E-state index in [2.05, 4.69) is 0 Å². The van der Waals surface area contributed by atoms with Crippen molar-refractivity contribution in [2.24, 2.45) is 11.5 Å². The van der Waals surface area contributed by atoms with Crippen molar-refractivity contribution in [3.63, 3.8) is 0 Å². The predicted molar refractivity (Wildman–Crippen MR) is 63.5 cm³/mol. The molecule has 0 spiro atoms. The Balaban J connectivity index is 0. The molecule has 4 heteroatoms. The number of nitrogens with two attached hydrogens (primary N) is 2. The molecular weight excluding hydrogens is 192 g/mol. The van der Waals surface area contributed by atoms with Crippen LogP contribution in [0.2, 0.25) is 0 Å². The Hall–Kier alpha value is -0.610. The van der Waals surface area contributed by atoms with Gasteiger partial charge in [-0.1, -0.05) is 13.8 Å². The van der Waals surface area contributed by atoms with E-state index in [0.717, 1.165) is 12.8 Å². The van der Waals surface area contributed by atoms with E-state index in [9.17, 15) is 4.79 Å². The summed E-state index contributed by atoms with van der Waals surface area (Å²) in [4.78, 5) is 11.4. The summed E-state index contributed by atoms with van der Waals surface area (Å²) in [7, 11) is 0. The first-order valence-corrected chi connectivity index (χ1v) is 5.05. The van der Waals surface area contributed by atoms with Crippen molar-refractivity contribution in [2.75, 3.05) is 6.54 Å². The van der Waals surface area contributed by atoms with Crippen molar-refractivity contribution in [1.82, 2.24) is 0 Å². The second kappa shape index (κ2) is 7.65. The van der Waals surface area contributed by atoms with Gasteiger partial charge in [0, 0.05) is 0 Å². The lowest BCUT2D eigenvalue weighted by Gasteiger charge is -2.22. The molecule has 0 aromatic carbocycles. The van der Waals surface area contributed by atoms with Gasteiger partial charge in [0.25, 0.3) is 0 Å². The lowest BCUT2D eigenvalue weighted by molar-refractivity contribution is -0.156. The van der Waals surface area contributed by atoms with Crippen LogP contribution in [0.3, 0.4) is 0 Å². The molecule has 0 bridgehead atoms. The first-order chi connectivity index (χ1) is 6.37. The maximum Gasteiger partial charge on any atom is 0.323 e. The Labute approximate surface area is 93.3 Å². The zero-order chi connectivity index (χ0) is 11.2. The molecule has 0 aliphatic rings. The van der Waals surface area contributed by atoms with E-state index >= 15 is 0 Å². The highest BCUT2D eigenvalue weighted by Gasteiger charge is 2.21. The van der Waals surface area contributed by atoms with Gasteiger partial charge in [0.2, 0.25) is 0 Å². The second-order valence-electron chi connectivity index (χ2n) is 4.42. The Morgan fingerprint density at radius 2 is 1.87 bits per heavy atom. The monoisotopic (exact) mass is 218 g/mol. The summed E-state index contributed by atoms with van der Waals surface area (Å²) in [6.45, 7) is 6.13. The number of esters is 1. The number of hydrogen-bond acceptors (Lipinski definition) is 4. The summed E-state index contributed by atoms with van der Waals surface area (Å²) < 4.78 is 5.13. The summed E-state index contributed by atoms with van der Waals surface area (Å²) in [6.07, 6.45) is 2.42. The van der Waals surface area contributed by atoms with Crippen LogP contribution in [-0.4, -0.2) is 24.2 Å². The van der Waals surface area contributed by atoms with E-state index in [1.165, 1.54) is 0 Å². The summed E-state index contributed by atoms with van der Waals surface area (Å²) in [6, 6.07) is -0.513. The fraction of sp³-hybridized carbons (Fsp3) is 0.909. The highest BCUT2D eigenvalue weighted by molar-refractivity contribution is 5.75. The van der Waals surface area contributed by atoms with Gasteiger partial charge in [0.05, 0.1) is 0 Å². The van der Waals surface area contributed by atoms with Crippen molar-refractivity contribution in [1.29, 1.82) is 0 Å². The minimum Gasteiger partial charge on any atom is -0.459 e. The fourth-order valence-corrected chi connectivity index (χ4v) is 1.00. The van der Waals surface area contributed by atoms with E-state index in [0.29, 0.717) is 13.0 Å². The third kappa shape index (κ3) is 9.69. The minimum absolute atomic E-state index is 0. The summed E-state index contributed by atoms with van der Waals surface area (Å²) in [5.74, 6) is -0.325. The molecule has 4 N–H and O–H groups in total. The van der Waals surface area contributed by atoms with Gasteiger partial charge < -0.3 is 16.2 Å². The molecule has 15 heavy (non-hydrogen) atoms. The highest BCUT2D eigenvalue weighted by Crippen LogP contribution is 2.09. The zero-order valence-electron chi connectivity index (χ0n) is 9.38. The van der Waals surface area contributed by atoms with Crippen molar-refractivity contribution < 1.29 is 9.53 Å². The summed E-state index contributed by atoms with van der Waals surface area (Å²) in [5.41, 5.74) is 10.5. The van der Waals surface area contributed by atoms with Crippen LogP contribution in [0, 0.1) is 0 Å². The fourth-order valence-electron chi connectivity index (χ4n) is 1.00. The smallest absolute Gasteiger partial charge is 0.323 e. The molecule has 1 atom stereocenters. The maximum absolute atomic E-state index is 11.4. The third-order valence-electron chi connectivity index (χ3n) is 1.68. The minimum atomic E-state index is -0.513. The van der Waals surface area contributed by atoms with Crippen LogP contribution in [0.25, 0.3) is 0 Å². The number of carbonyl (C=O) groups is 1. The topological polar surface area (TPSA) is 78.3 Å². The Morgan fingerprint density at radius 1 is 1.33 bits per heavy atom. The molecule has 92 valence electrons. The second-order valence-corrected chi connectivity index (χ2v) is 4.42. The van der Waals surface area contributed by atoms with Gasteiger partial charge >= 0.3 is 5.97 Å². The molecule has 0 radical (unpaired) electrons. The number of carbonyl (C=O) groups excluding carboxylic acids is 1. The number of ether oxygens (including phenoxy) is 1. The standard InChI is InChI=1S/C10H22N2O2.CH4/c1-10(2,3)14-9(13)8(12)6-4-5-7-11;/h8H,4-7,11-12H2,1-3H3;1H4. The van der Waals surface area contributed by atoms with Gasteiger partial charge in [-0.15, -0.1) is 0 Å². The van der Waals surface area contributed by atoms with Crippen LogP contribution in [0.4, 0.5) is 0 Å². The van der Waals surface area contributed by atoms with Gasteiger partial charge in [0.15, 0.2) is 0 Å². The largest absolute Gasteiger partial charge is 0.459 e. The first kappa shape index (κ1) is 16.8. The molecule has 0 saturated carbocycles. The number of rotatable bonds is 5. The average molecular weight is 218 g/mol. The van der Waals surface area contributed by atoms with Crippen molar-refractivity contribution in [2.45, 2.75) is 59.1 Å². The van der Waals surface area contributed by atoms with E-state index in [4.69, 9.17) is 16.2 Å². The molecule has 0 rings (SSSR count). The van der Waals surface area contributed by atoms with Crippen molar-refractivity contribution >= 4 is 5.97 Å². The van der Waals surface area contributed by atoms with Crippen molar-refractivity contribution in [3.8, 4) is 0 Å². The lowest BCUT2D eigenvalue weighted by atomic mass is 10.1. The molecule has 0 saturated heterocycles. The van der Waals surface area contributed by atoms with E-state index < -0.39 is 11.6 Å². The third-order valence-corrected chi connectivity index (χ3v) is 1.68. The van der Waals surface area contributed by atoms with E-state index in [1.807, 2.05) is 20.8 Å². The van der Waals surface area contributed by atoms with Crippen LogP contribution in [0.5, 0.6) is 0 Å². The lowest BCUT2D eigenvalue weighted by Crippen LogP contribution is -2.37. The van der Waals surface area contributed by atoms with Gasteiger partial charge in [-0.2, -0.15) is 0 Å². The van der Waals surface area contributed by atoms with Crippen LogP contribution in [0.15, 0.2) is 0 Å². The Morgan fingerprint density at radius 3 is 2.27 bits per heavy atom. The van der Waals surface area contributed by atoms with Gasteiger partial charge in [-0.25, -0.2) is 0 Å².